The number of hydrogen-bond donors (Lipinski definition) is 0. The summed E-state index contributed by atoms with van der Waals surface area (Å²) in [5.74, 6) is -0.0559. The number of piperazine rings is 1. The molecule has 0 aromatic carbocycles. The van der Waals surface area contributed by atoms with Crippen molar-refractivity contribution in [3.63, 3.8) is 0 Å². The van der Waals surface area contributed by atoms with Gasteiger partial charge in [0.2, 0.25) is 11.9 Å². The predicted octanol–water partition coefficient (Wildman–Crippen LogP) is 2.28. The van der Waals surface area contributed by atoms with Crippen LogP contribution in [0, 0.1) is 5.92 Å². The van der Waals surface area contributed by atoms with Gasteiger partial charge in [-0.1, -0.05) is 19.0 Å². The molecule has 0 radical (unpaired) electrons. The molecule has 1 aliphatic heterocycles. The second-order valence-corrected chi connectivity index (χ2v) is 7.60. The summed E-state index contributed by atoms with van der Waals surface area (Å²) in [5, 5.41) is 3.46. The van der Waals surface area contributed by atoms with Gasteiger partial charge in [0.05, 0.1) is 31.0 Å². The van der Waals surface area contributed by atoms with Gasteiger partial charge in [-0.05, 0) is 18.4 Å². The van der Waals surface area contributed by atoms with Crippen molar-refractivity contribution in [3.8, 4) is 0 Å². The SMILES string of the molecule is CCOC(=O)c1cnc(N2CCN(c3ncc(N=[N+]=[N-])cn3)CC2C(=O)OCC(C)C)nc1. The Morgan fingerprint density at radius 3 is 2.39 bits per heavy atom. The Morgan fingerprint density at radius 1 is 1.12 bits per heavy atom. The average molecular weight is 455 g/mol. The second-order valence-electron chi connectivity index (χ2n) is 7.60. The van der Waals surface area contributed by atoms with Crippen molar-refractivity contribution >= 4 is 29.5 Å². The Kier molecular flexibility index (Phi) is 7.92. The van der Waals surface area contributed by atoms with E-state index in [1.807, 2.05) is 18.7 Å². The van der Waals surface area contributed by atoms with E-state index in [4.69, 9.17) is 15.0 Å². The first-order valence-corrected chi connectivity index (χ1v) is 10.5. The van der Waals surface area contributed by atoms with Crippen LogP contribution < -0.4 is 9.80 Å². The lowest BCUT2D eigenvalue weighted by Crippen LogP contribution is -2.58. The Balaban J connectivity index is 1.81. The molecule has 3 rings (SSSR count). The summed E-state index contributed by atoms with van der Waals surface area (Å²) in [4.78, 5) is 48.1. The van der Waals surface area contributed by atoms with E-state index in [1.165, 1.54) is 24.8 Å². The van der Waals surface area contributed by atoms with Crippen molar-refractivity contribution in [2.75, 3.05) is 42.6 Å². The third-order valence-electron chi connectivity index (χ3n) is 4.69. The van der Waals surface area contributed by atoms with Gasteiger partial charge < -0.3 is 19.3 Å². The minimum absolute atomic E-state index is 0.179. The van der Waals surface area contributed by atoms with E-state index in [0.717, 1.165) is 0 Å². The largest absolute Gasteiger partial charge is 0.464 e. The smallest absolute Gasteiger partial charge is 0.341 e. The lowest BCUT2D eigenvalue weighted by molar-refractivity contribution is -0.146. The van der Waals surface area contributed by atoms with E-state index < -0.39 is 18.0 Å². The zero-order valence-corrected chi connectivity index (χ0v) is 18.7. The maximum atomic E-state index is 12.9. The number of azide groups is 1. The minimum Gasteiger partial charge on any atom is -0.464 e. The van der Waals surface area contributed by atoms with Crippen LogP contribution in [0.3, 0.4) is 0 Å². The molecule has 1 fully saturated rings. The predicted molar refractivity (Wildman–Crippen MR) is 118 cm³/mol. The molecule has 13 heteroatoms. The molecule has 33 heavy (non-hydrogen) atoms. The fourth-order valence-corrected chi connectivity index (χ4v) is 3.12. The van der Waals surface area contributed by atoms with Crippen molar-refractivity contribution in [2.45, 2.75) is 26.8 Å². The molecule has 2 aromatic heterocycles. The van der Waals surface area contributed by atoms with Gasteiger partial charge in [0.15, 0.2) is 0 Å². The van der Waals surface area contributed by atoms with Gasteiger partial charge >= 0.3 is 11.9 Å². The zero-order chi connectivity index (χ0) is 23.8. The molecule has 174 valence electrons. The molecule has 0 N–H and O–H groups in total. The number of rotatable bonds is 8. The number of hydrogen-bond acceptors (Lipinski definition) is 11. The molecule has 1 aliphatic rings. The highest BCUT2D eigenvalue weighted by atomic mass is 16.5. The van der Waals surface area contributed by atoms with Crippen LogP contribution in [0.1, 0.15) is 31.1 Å². The van der Waals surface area contributed by atoms with E-state index in [0.29, 0.717) is 30.7 Å². The summed E-state index contributed by atoms with van der Waals surface area (Å²) >= 11 is 0. The van der Waals surface area contributed by atoms with Gasteiger partial charge in [-0.3, -0.25) is 0 Å². The monoisotopic (exact) mass is 455 g/mol. The van der Waals surface area contributed by atoms with Crippen molar-refractivity contribution in [1.82, 2.24) is 19.9 Å². The molecule has 2 aromatic rings. The quantitative estimate of drug-likeness (QED) is 0.250. The van der Waals surface area contributed by atoms with Gasteiger partial charge in [0.1, 0.15) is 6.04 Å². The number of ether oxygens (including phenoxy) is 2. The fraction of sp³-hybridized carbons (Fsp3) is 0.500. The van der Waals surface area contributed by atoms with Gasteiger partial charge in [0, 0.05) is 42.8 Å². The zero-order valence-electron chi connectivity index (χ0n) is 18.7. The topological polar surface area (TPSA) is 159 Å². The van der Waals surface area contributed by atoms with E-state index in [-0.39, 0.29) is 31.2 Å². The first-order valence-electron chi connectivity index (χ1n) is 10.5. The first kappa shape index (κ1) is 23.7. The van der Waals surface area contributed by atoms with Crippen molar-refractivity contribution in [1.29, 1.82) is 0 Å². The van der Waals surface area contributed by atoms with Crippen LogP contribution in [0.4, 0.5) is 17.6 Å². The van der Waals surface area contributed by atoms with Crippen LogP contribution in [0.2, 0.25) is 0 Å². The number of aromatic nitrogens is 4. The van der Waals surface area contributed by atoms with Crippen molar-refractivity contribution in [2.24, 2.45) is 11.0 Å². The van der Waals surface area contributed by atoms with Crippen molar-refractivity contribution in [3.05, 3.63) is 40.8 Å². The third kappa shape index (κ3) is 6.04. The Labute approximate surface area is 190 Å². The number of nitrogens with zero attached hydrogens (tertiary/aromatic N) is 9. The van der Waals surface area contributed by atoms with E-state index >= 15 is 0 Å². The highest BCUT2D eigenvalue weighted by Crippen LogP contribution is 2.22. The van der Waals surface area contributed by atoms with Crippen LogP contribution in [0.15, 0.2) is 29.9 Å². The van der Waals surface area contributed by atoms with Crippen LogP contribution in [0.25, 0.3) is 10.4 Å². The molecular formula is C20H25N9O4. The summed E-state index contributed by atoms with van der Waals surface area (Å²) in [6, 6.07) is -0.716. The van der Waals surface area contributed by atoms with E-state index in [9.17, 15) is 9.59 Å². The lowest BCUT2D eigenvalue weighted by Gasteiger charge is -2.40. The van der Waals surface area contributed by atoms with E-state index in [2.05, 4.69) is 30.0 Å². The molecule has 0 aliphatic carbocycles. The molecule has 0 bridgehead atoms. The van der Waals surface area contributed by atoms with Gasteiger partial charge in [0.25, 0.3) is 0 Å². The maximum Gasteiger partial charge on any atom is 0.341 e. The molecular weight excluding hydrogens is 430 g/mol. The number of anilines is 2. The van der Waals surface area contributed by atoms with Crippen LogP contribution in [0.5, 0.6) is 0 Å². The van der Waals surface area contributed by atoms with Crippen LogP contribution in [-0.2, 0) is 14.3 Å². The Hall–Kier alpha value is -3.99. The van der Waals surface area contributed by atoms with Gasteiger partial charge in [-0.2, -0.15) is 0 Å². The maximum absolute atomic E-state index is 12.9. The molecule has 3 heterocycles. The third-order valence-corrected chi connectivity index (χ3v) is 4.69. The van der Waals surface area contributed by atoms with Gasteiger partial charge in [-0.15, -0.1) is 0 Å². The highest BCUT2D eigenvalue weighted by molar-refractivity contribution is 5.88. The fourth-order valence-electron chi connectivity index (χ4n) is 3.12. The molecule has 0 amide bonds. The first-order chi connectivity index (χ1) is 15.9. The molecule has 0 spiro atoms. The van der Waals surface area contributed by atoms with Crippen LogP contribution >= 0.6 is 0 Å². The summed E-state index contributed by atoms with van der Waals surface area (Å²) < 4.78 is 10.5. The Morgan fingerprint density at radius 2 is 1.79 bits per heavy atom. The molecule has 1 unspecified atom stereocenters. The van der Waals surface area contributed by atoms with Crippen molar-refractivity contribution < 1.29 is 19.1 Å². The molecule has 13 nitrogen and oxygen atoms in total. The minimum atomic E-state index is -0.716. The number of carbonyl (C=O) groups is 2. The summed E-state index contributed by atoms with van der Waals surface area (Å²) in [5.41, 5.74) is 9.06. The second kappa shape index (κ2) is 11.0. The number of esters is 2. The Bertz CT molecular complexity index is 1010. The summed E-state index contributed by atoms with van der Waals surface area (Å²) in [7, 11) is 0. The number of carbonyl (C=O) groups excluding carboxylic acids is 2. The summed E-state index contributed by atoms with van der Waals surface area (Å²) in [6.45, 7) is 7.26. The van der Waals surface area contributed by atoms with E-state index in [1.54, 1.807) is 11.8 Å². The lowest BCUT2D eigenvalue weighted by atomic mass is 10.1. The standard InChI is InChI=1S/C20H25N9O4/c1-4-32-17(30)14-7-22-20(23-8-14)29-6-5-28(11-16(29)18(31)33-12-13(2)3)19-24-9-15(10-25-19)26-27-21/h7-10,13,16H,4-6,11-12H2,1-3H3. The van der Waals surface area contributed by atoms with Crippen LogP contribution in [-0.4, -0.2) is 70.8 Å². The molecule has 1 atom stereocenters. The molecule has 1 saturated heterocycles. The summed E-state index contributed by atoms with van der Waals surface area (Å²) in [6.07, 6.45) is 5.58. The normalized spacial score (nSPS) is 15.7. The van der Waals surface area contributed by atoms with Gasteiger partial charge in [-0.25, -0.2) is 29.5 Å². The average Bonchev–Trinajstić information content (AvgIpc) is 2.83. The molecule has 0 saturated carbocycles. The highest BCUT2D eigenvalue weighted by Gasteiger charge is 2.36.